The number of benzene rings is 1. The Bertz CT molecular complexity index is 934. The maximum absolute atomic E-state index is 14.4. The molecule has 0 saturated heterocycles. The second kappa shape index (κ2) is 14.6. The molecule has 0 aliphatic carbocycles. The van der Waals surface area contributed by atoms with Crippen molar-refractivity contribution in [1.82, 2.24) is 9.03 Å². The lowest BCUT2D eigenvalue weighted by atomic mass is 9.99. The predicted molar refractivity (Wildman–Crippen MR) is 163 cm³/mol. The normalized spacial score (nSPS) is 23.4. The average Bonchev–Trinajstić information content (AvgIpc) is 2.91. The fraction of sp³-hybridized carbons (Fsp3) is 0.677. The minimum absolute atomic E-state index is 0.00192. The molecule has 2 aliphatic heterocycles. The molecular formula is C31H50N2O4S2. The Kier molecular flexibility index (Phi) is 12.2. The first-order valence-electron chi connectivity index (χ1n) is 14.5. The molecule has 3 rings (SSSR count). The van der Waals surface area contributed by atoms with Gasteiger partial charge in [-0.2, -0.15) is 0 Å². The summed E-state index contributed by atoms with van der Waals surface area (Å²) in [4.78, 5) is 0. The standard InChI is InChI=1S/C31H50N2O4S2/c1-8-26(32-38(34)30(3,4)5)28-20-15-18-25(37-28)22-31(6,7)39(35)33(23-24-16-11-10-12-17-24)27(9-2)29-19-13-14-21-36-29/h10-12,14,16-18,21,26-29,32H,8-9,13,15,19-20,22-23H2,1-7H3. The third kappa shape index (κ3) is 9.17. The lowest BCUT2D eigenvalue weighted by molar-refractivity contribution is 0.0498. The van der Waals surface area contributed by atoms with Crippen LogP contribution in [0.1, 0.15) is 99.0 Å². The smallest absolute Gasteiger partial charge is 0.146 e. The summed E-state index contributed by atoms with van der Waals surface area (Å²) >= 11 is -2.47. The molecule has 39 heavy (non-hydrogen) atoms. The van der Waals surface area contributed by atoms with Gasteiger partial charge in [0.1, 0.15) is 21.7 Å². The van der Waals surface area contributed by atoms with Crippen LogP contribution in [0.2, 0.25) is 0 Å². The summed E-state index contributed by atoms with van der Waals surface area (Å²) in [6, 6.07) is 10.3. The fourth-order valence-corrected chi connectivity index (χ4v) is 7.84. The van der Waals surface area contributed by atoms with Crippen LogP contribution in [-0.2, 0) is 38.7 Å². The van der Waals surface area contributed by atoms with E-state index in [0.29, 0.717) is 13.0 Å². The van der Waals surface area contributed by atoms with Gasteiger partial charge in [-0.05, 0) is 90.9 Å². The van der Waals surface area contributed by atoms with Gasteiger partial charge in [0.15, 0.2) is 0 Å². The molecule has 0 aromatic heterocycles. The van der Waals surface area contributed by atoms with E-state index >= 15 is 0 Å². The van der Waals surface area contributed by atoms with E-state index in [9.17, 15) is 9.11 Å². The molecule has 0 fully saturated rings. The van der Waals surface area contributed by atoms with Crippen LogP contribution in [-0.4, -0.2) is 47.2 Å². The van der Waals surface area contributed by atoms with Gasteiger partial charge < -0.3 is 18.6 Å². The molecule has 220 valence electrons. The van der Waals surface area contributed by atoms with Gasteiger partial charge in [-0.1, -0.05) is 44.2 Å². The molecule has 0 amide bonds. The largest absolute Gasteiger partial charge is 0.598 e. The Labute approximate surface area is 243 Å². The molecule has 0 saturated carbocycles. The lowest BCUT2D eigenvalue weighted by Crippen LogP contribution is -2.53. The van der Waals surface area contributed by atoms with Crippen molar-refractivity contribution >= 4 is 22.7 Å². The molecule has 8 heteroatoms. The Hall–Kier alpha value is -1.16. The number of hydrogen-bond acceptors (Lipinski definition) is 6. The highest BCUT2D eigenvalue weighted by Crippen LogP contribution is 2.36. The zero-order chi connectivity index (χ0) is 28.6. The van der Waals surface area contributed by atoms with Crippen LogP contribution in [0.25, 0.3) is 0 Å². The molecule has 6 atom stereocenters. The van der Waals surface area contributed by atoms with Gasteiger partial charge >= 0.3 is 0 Å². The third-order valence-electron chi connectivity index (χ3n) is 7.48. The van der Waals surface area contributed by atoms with Crippen LogP contribution in [0.4, 0.5) is 0 Å². The molecule has 6 nitrogen and oxygen atoms in total. The van der Waals surface area contributed by atoms with Gasteiger partial charge in [-0.3, -0.25) is 0 Å². The van der Waals surface area contributed by atoms with Crippen molar-refractivity contribution in [2.24, 2.45) is 0 Å². The fourth-order valence-electron chi connectivity index (χ4n) is 5.19. The second-order valence-corrected chi connectivity index (χ2v) is 16.3. The first-order chi connectivity index (χ1) is 18.5. The molecule has 1 aromatic rings. The highest BCUT2D eigenvalue weighted by Gasteiger charge is 2.45. The monoisotopic (exact) mass is 578 g/mol. The van der Waals surface area contributed by atoms with E-state index in [-0.39, 0.29) is 29.0 Å². The summed E-state index contributed by atoms with van der Waals surface area (Å²) in [5.41, 5.74) is 1.14. The zero-order valence-corrected chi connectivity index (χ0v) is 26.6. The van der Waals surface area contributed by atoms with Gasteiger partial charge in [-0.15, -0.1) is 9.03 Å². The van der Waals surface area contributed by atoms with Gasteiger partial charge in [0, 0.05) is 22.7 Å². The van der Waals surface area contributed by atoms with Crippen molar-refractivity contribution in [3.63, 3.8) is 0 Å². The minimum atomic E-state index is -1.30. The van der Waals surface area contributed by atoms with E-state index in [4.69, 9.17) is 9.47 Å². The van der Waals surface area contributed by atoms with Crippen LogP contribution in [0.15, 0.2) is 54.5 Å². The third-order valence-corrected chi connectivity index (χ3v) is 11.0. The van der Waals surface area contributed by atoms with Gasteiger partial charge in [0.25, 0.3) is 0 Å². The quantitative estimate of drug-likeness (QED) is 0.263. The van der Waals surface area contributed by atoms with Crippen LogP contribution >= 0.6 is 0 Å². The molecule has 0 spiro atoms. The minimum Gasteiger partial charge on any atom is -0.598 e. The number of nitrogens with one attached hydrogen (secondary N) is 1. The van der Waals surface area contributed by atoms with Crippen molar-refractivity contribution in [2.75, 3.05) is 0 Å². The van der Waals surface area contributed by atoms with Crippen molar-refractivity contribution in [1.29, 1.82) is 0 Å². The Balaban J connectivity index is 1.76. The topological polar surface area (TPSA) is 79.8 Å². The van der Waals surface area contributed by atoms with E-state index in [0.717, 1.165) is 49.8 Å². The Morgan fingerprint density at radius 2 is 1.69 bits per heavy atom. The summed E-state index contributed by atoms with van der Waals surface area (Å²) < 4.78 is 44.4. The zero-order valence-electron chi connectivity index (χ0n) is 25.0. The van der Waals surface area contributed by atoms with Crippen LogP contribution in [0.5, 0.6) is 0 Å². The number of allylic oxidation sites excluding steroid dienone is 3. The first kappa shape index (κ1) is 32.4. The number of rotatable bonds is 13. The highest BCUT2D eigenvalue weighted by atomic mass is 32.2. The average molecular weight is 579 g/mol. The summed E-state index contributed by atoms with van der Waals surface area (Å²) in [5, 5.41) is 0. The van der Waals surface area contributed by atoms with Gasteiger partial charge in [-0.25, -0.2) is 0 Å². The summed E-state index contributed by atoms with van der Waals surface area (Å²) in [6.07, 6.45) is 11.9. The van der Waals surface area contributed by atoms with Crippen molar-refractivity contribution < 1.29 is 18.6 Å². The summed E-state index contributed by atoms with van der Waals surface area (Å²) in [7, 11) is 0. The Morgan fingerprint density at radius 3 is 2.28 bits per heavy atom. The maximum atomic E-state index is 14.4. The first-order valence-corrected chi connectivity index (χ1v) is 16.8. The lowest BCUT2D eigenvalue weighted by Gasteiger charge is -2.42. The SMILES string of the molecule is CCC(N[S+]([O-])C(C)(C)C)C1CCC=C(CC(C)(C)[S+]([O-])N(Cc2ccccc2)C(CC)C2CCC=CO2)O1. The van der Waals surface area contributed by atoms with Crippen LogP contribution < -0.4 is 4.72 Å². The molecule has 0 radical (unpaired) electrons. The molecule has 6 unspecified atom stereocenters. The number of nitrogens with zero attached hydrogens (tertiary/aromatic N) is 1. The van der Waals surface area contributed by atoms with E-state index in [1.165, 1.54) is 0 Å². The maximum Gasteiger partial charge on any atom is 0.146 e. The van der Waals surface area contributed by atoms with Crippen molar-refractivity contribution in [3.8, 4) is 0 Å². The van der Waals surface area contributed by atoms with Crippen LogP contribution in [0.3, 0.4) is 0 Å². The van der Waals surface area contributed by atoms with Crippen molar-refractivity contribution in [3.05, 3.63) is 60.1 Å². The number of hydrogen-bond donors (Lipinski definition) is 1. The summed E-state index contributed by atoms with van der Waals surface area (Å²) in [6.45, 7) is 15.0. The Morgan fingerprint density at radius 1 is 1.00 bits per heavy atom. The van der Waals surface area contributed by atoms with Crippen LogP contribution in [0, 0.1) is 0 Å². The molecule has 1 N–H and O–H groups in total. The van der Waals surface area contributed by atoms with E-state index < -0.39 is 27.5 Å². The summed E-state index contributed by atoms with van der Waals surface area (Å²) in [5.74, 6) is 0.885. The molecular weight excluding hydrogens is 528 g/mol. The van der Waals surface area contributed by atoms with E-state index in [1.54, 1.807) is 6.26 Å². The molecule has 1 aromatic carbocycles. The number of ether oxygens (including phenoxy) is 2. The van der Waals surface area contributed by atoms with Gasteiger partial charge in [0.2, 0.25) is 0 Å². The molecule has 0 bridgehead atoms. The van der Waals surface area contributed by atoms with E-state index in [1.807, 2.05) is 39.0 Å². The van der Waals surface area contributed by atoms with E-state index in [2.05, 4.69) is 61.0 Å². The highest BCUT2D eigenvalue weighted by molar-refractivity contribution is 7.91. The second-order valence-electron chi connectivity index (χ2n) is 12.3. The predicted octanol–water partition coefficient (Wildman–Crippen LogP) is 6.69. The molecule has 2 heterocycles. The van der Waals surface area contributed by atoms with Gasteiger partial charge in [0.05, 0.1) is 37.1 Å². The van der Waals surface area contributed by atoms with Crippen molar-refractivity contribution in [2.45, 2.75) is 134 Å². The molecule has 2 aliphatic rings.